The fourth-order valence-corrected chi connectivity index (χ4v) is 5.91. The maximum Gasteiger partial charge on any atom is 0.240 e. The van der Waals surface area contributed by atoms with Crippen molar-refractivity contribution in [1.29, 1.82) is 0 Å². The van der Waals surface area contributed by atoms with Crippen LogP contribution in [0.3, 0.4) is 0 Å². The second-order valence-electron chi connectivity index (χ2n) is 11.6. The standard InChI is InChI=1S/2C14H14O2S.C14H14O/c1-11-3-7-13(8-4-11)16-17(15)14-9-5-12(2)6-10-14;1-11-5-3-7-13(9-11)16-17(15)14-8-4-6-12(2)10-14;1-11-6-8-13(9-7-11)15-14-5-3-4-12(2)10-14/h2*3-10H,1-2H3;3-10H,1-2H3. The van der Waals surface area contributed by atoms with E-state index in [1.165, 1.54) is 11.1 Å². The highest BCUT2D eigenvalue weighted by atomic mass is 32.2. The minimum atomic E-state index is -1.45. The van der Waals surface area contributed by atoms with Crippen LogP contribution in [0.4, 0.5) is 0 Å². The van der Waals surface area contributed by atoms with Crippen molar-refractivity contribution in [3.63, 3.8) is 0 Å². The molecule has 0 amide bonds. The average Bonchev–Trinajstić information content (AvgIpc) is 3.08. The summed E-state index contributed by atoms with van der Waals surface area (Å²) in [7, 11) is 0. The van der Waals surface area contributed by atoms with Gasteiger partial charge in [-0.15, -0.1) is 0 Å². The summed E-state index contributed by atoms with van der Waals surface area (Å²) in [6.45, 7) is 12.1. The van der Waals surface area contributed by atoms with Gasteiger partial charge >= 0.3 is 0 Å². The zero-order valence-corrected chi connectivity index (χ0v) is 30.3. The van der Waals surface area contributed by atoms with Crippen molar-refractivity contribution >= 4 is 22.2 Å². The first kappa shape index (κ1) is 36.8. The van der Waals surface area contributed by atoms with Gasteiger partial charge in [-0.2, -0.15) is 0 Å². The zero-order chi connectivity index (χ0) is 35.2. The number of rotatable bonds is 8. The quantitative estimate of drug-likeness (QED) is 0.159. The van der Waals surface area contributed by atoms with Gasteiger partial charge in [0.2, 0.25) is 22.2 Å². The van der Waals surface area contributed by atoms with Crippen LogP contribution in [0, 0.1) is 41.5 Å². The SMILES string of the molecule is Cc1ccc(OS(=O)c2ccc(C)cc2)cc1.Cc1ccc(Oc2cccc(C)c2)cc1.Cc1cccc(OS(=O)c2cccc(C)c2)c1. The van der Waals surface area contributed by atoms with Gasteiger partial charge in [0.15, 0.2) is 0 Å². The van der Waals surface area contributed by atoms with Crippen LogP contribution in [-0.4, -0.2) is 8.42 Å². The fourth-order valence-electron chi connectivity index (χ4n) is 4.32. The van der Waals surface area contributed by atoms with Crippen LogP contribution in [0.1, 0.15) is 33.4 Å². The highest BCUT2D eigenvalue weighted by molar-refractivity contribution is 7.80. The fraction of sp³-hybridized carbons (Fsp3) is 0.143. The van der Waals surface area contributed by atoms with Gasteiger partial charge in [-0.3, -0.25) is 0 Å². The topological polar surface area (TPSA) is 61.8 Å². The van der Waals surface area contributed by atoms with E-state index < -0.39 is 22.2 Å². The van der Waals surface area contributed by atoms with E-state index in [1.807, 2.05) is 155 Å². The van der Waals surface area contributed by atoms with Gasteiger partial charge < -0.3 is 13.1 Å². The molecule has 0 aromatic heterocycles. The highest BCUT2D eigenvalue weighted by Gasteiger charge is 2.07. The van der Waals surface area contributed by atoms with Gasteiger partial charge in [0, 0.05) is 0 Å². The minimum Gasteiger partial charge on any atom is -0.457 e. The van der Waals surface area contributed by atoms with Gasteiger partial charge in [0.05, 0.1) is 9.79 Å². The minimum absolute atomic E-state index is 0.620. The van der Waals surface area contributed by atoms with Crippen molar-refractivity contribution in [1.82, 2.24) is 0 Å². The number of aryl methyl sites for hydroxylation is 6. The first-order valence-electron chi connectivity index (χ1n) is 15.8. The van der Waals surface area contributed by atoms with E-state index in [0.717, 1.165) is 33.8 Å². The molecule has 7 heteroatoms. The Morgan fingerprint density at radius 3 is 1.29 bits per heavy atom. The van der Waals surface area contributed by atoms with Crippen molar-refractivity contribution in [2.24, 2.45) is 0 Å². The van der Waals surface area contributed by atoms with Crippen molar-refractivity contribution in [2.75, 3.05) is 0 Å². The molecule has 0 saturated carbocycles. The van der Waals surface area contributed by atoms with Crippen molar-refractivity contribution in [2.45, 2.75) is 51.3 Å². The maximum atomic E-state index is 12.0. The van der Waals surface area contributed by atoms with E-state index in [4.69, 9.17) is 13.1 Å². The van der Waals surface area contributed by atoms with Crippen LogP contribution in [0.15, 0.2) is 155 Å². The Bertz CT molecular complexity index is 1970. The summed E-state index contributed by atoms with van der Waals surface area (Å²) >= 11 is -2.90. The predicted octanol–water partition coefficient (Wildman–Crippen LogP) is 10.9. The first-order chi connectivity index (χ1) is 23.5. The molecule has 6 aromatic rings. The van der Waals surface area contributed by atoms with E-state index in [1.54, 1.807) is 12.1 Å². The second kappa shape index (κ2) is 18.5. The van der Waals surface area contributed by atoms with E-state index in [9.17, 15) is 8.42 Å². The van der Waals surface area contributed by atoms with Crippen molar-refractivity contribution in [3.05, 3.63) is 179 Å². The average molecular weight is 691 g/mol. The molecule has 6 aromatic carbocycles. The summed E-state index contributed by atoms with van der Waals surface area (Å²) in [5, 5.41) is 0. The normalized spacial score (nSPS) is 11.5. The van der Waals surface area contributed by atoms with E-state index in [0.29, 0.717) is 21.3 Å². The molecule has 2 atom stereocenters. The molecule has 2 unspecified atom stereocenters. The predicted molar refractivity (Wildman–Crippen MR) is 201 cm³/mol. The Balaban J connectivity index is 0.000000166. The van der Waals surface area contributed by atoms with E-state index >= 15 is 0 Å². The Morgan fingerprint density at radius 2 is 0.755 bits per heavy atom. The van der Waals surface area contributed by atoms with E-state index in [2.05, 4.69) is 19.9 Å². The molecule has 0 radical (unpaired) electrons. The molecule has 6 rings (SSSR count). The van der Waals surface area contributed by atoms with Gasteiger partial charge in [0.25, 0.3) is 0 Å². The highest BCUT2D eigenvalue weighted by Crippen LogP contribution is 2.22. The number of hydrogen-bond donors (Lipinski definition) is 0. The maximum absolute atomic E-state index is 12.0. The summed E-state index contributed by atoms with van der Waals surface area (Å²) in [5.74, 6) is 3.02. The summed E-state index contributed by atoms with van der Waals surface area (Å²) in [6, 6.07) is 46.2. The van der Waals surface area contributed by atoms with Gasteiger partial charge in [0.1, 0.15) is 23.0 Å². The Labute approximate surface area is 295 Å². The molecule has 0 spiro atoms. The third kappa shape index (κ3) is 12.9. The monoisotopic (exact) mass is 690 g/mol. The lowest BCUT2D eigenvalue weighted by Gasteiger charge is -2.06. The molecule has 49 heavy (non-hydrogen) atoms. The molecule has 5 nitrogen and oxygen atoms in total. The lowest BCUT2D eigenvalue weighted by atomic mass is 10.2. The smallest absolute Gasteiger partial charge is 0.240 e. The molecule has 0 heterocycles. The summed E-state index contributed by atoms with van der Waals surface area (Å²) in [5.41, 5.74) is 6.90. The lowest BCUT2D eigenvalue weighted by molar-refractivity contribution is 0.482. The van der Waals surface area contributed by atoms with Gasteiger partial charge in [-0.05, 0) is 131 Å². The van der Waals surface area contributed by atoms with Crippen LogP contribution in [0.25, 0.3) is 0 Å². The Hall–Kier alpha value is -4.98. The molecule has 0 saturated heterocycles. The summed E-state index contributed by atoms with van der Waals surface area (Å²) in [6.07, 6.45) is 0. The third-order valence-electron chi connectivity index (χ3n) is 7.00. The number of ether oxygens (including phenoxy) is 1. The third-order valence-corrected chi connectivity index (χ3v) is 8.98. The van der Waals surface area contributed by atoms with E-state index in [-0.39, 0.29) is 0 Å². The molecular formula is C42H42O5S2. The first-order valence-corrected chi connectivity index (χ1v) is 18.0. The molecule has 0 bridgehead atoms. The number of benzene rings is 6. The number of hydrogen-bond acceptors (Lipinski definition) is 5. The van der Waals surface area contributed by atoms with Crippen molar-refractivity contribution < 1.29 is 21.5 Å². The molecule has 0 N–H and O–H groups in total. The van der Waals surface area contributed by atoms with Crippen molar-refractivity contribution in [3.8, 4) is 23.0 Å². The van der Waals surface area contributed by atoms with Gasteiger partial charge in [-0.1, -0.05) is 89.5 Å². The van der Waals surface area contributed by atoms with Gasteiger partial charge in [-0.25, -0.2) is 8.42 Å². The summed E-state index contributed by atoms with van der Waals surface area (Å²) in [4.78, 5) is 1.36. The Kier molecular flexibility index (Phi) is 13.9. The van der Waals surface area contributed by atoms with Crippen LogP contribution < -0.4 is 13.1 Å². The van der Waals surface area contributed by atoms with Crippen LogP contribution in [0.5, 0.6) is 23.0 Å². The molecule has 0 aliphatic carbocycles. The second-order valence-corrected chi connectivity index (χ2v) is 13.8. The molecule has 252 valence electrons. The molecule has 0 fully saturated rings. The molecule has 0 aliphatic rings. The zero-order valence-electron chi connectivity index (χ0n) is 28.7. The van der Waals surface area contributed by atoms with Crippen LogP contribution >= 0.6 is 0 Å². The van der Waals surface area contributed by atoms with Crippen LogP contribution in [-0.2, 0) is 22.2 Å². The lowest BCUT2D eigenvalue weighted by Crippen LogP contribution is -2.01. The summed E-state index contributed by atoms with van der Waals surface area (Å²) < 4.78 is 40.4. The molecule has 0 aliphatic heterocycles. The largest absolute Gasteiger partial charge is 0.457 e. The Morgan fingerprint density at radius 1 is 0.347 bits per heavy atom. The molecular weight excluding hydrogens is 649 g/mol. The van der Waals surface area contributed by atoms with Crippen LogP contribution in [0.2, 0.25) is 0 Å².